The van der Waals surface area contributed by atoms with Gasteiger partial charge in [0, 0.05) is 22.9 Å². The number of ether oxygens (including phenoxy) is 1. The Morgan fingerprint density at radius 3 is 2.68 bits per heavy atom. The fourth-order valence-electron chi connectivity index (χ4n) is 2.79. The first-order chi connectivity index (χ1) is 12.0. The van der Waals surface area contributed by atoms with Crippen LogP contribution < -0.4 is 5.56 Å². The fourth-order valence-corrected chi connectivity index (χ4v) is 3.39. The maximum Gasteiger partial charge on any atom is 0.309 e. The van der Waals surface area contributed by atoms with Crippen LogP contribution in [0.25, 0.3) is 10.8 Å². The largest absolute Gasteiger partial charge is 0.481 e. The van der Waals surface area contributed by atoms with Crippen LogP contribution in [0.4, 0.5) is 0 Å². The van der Waals surface area contributed by atoms with E-state index in [2.05, 4.69) is 21.0 Å². The topological polar surface area (TPSA) is 102 Å². The van der Waals surface area contributed by atoms with Gasteiger partial charge in [0.15, 0.2) is 0 Å². The van der Waals surface area contributed by atoms with Gasteiger partial charge in [0.05, 0.1) is 30.7 Å². The lowest BCUT2D eigenvalue weighted by Crippen LogP contribution is -2.44. The molecule has 9 heteroatoms. The number of hydrogen-bond acceptors (Lipinski definition) is 5. The van der Waals surface area contributed by atoms with Crippen LogP contribution in [0.3, 0.4) is 0 Å². The van der Waals surface area contributed by atoms with Gasteiger partial charge in [-0.05, 0) is 12.1 Å². The number of carbonyl (C=O) groups is 2. The summed E-state index contributed by atoms with van der Waals surface area (Å²) in [6, 6.07) is 5.01. The number of carboxylic acids is 1. The van der Waals surface area contributed by atoms with Crippen molar-refractivity contribution >= 4 is 38.6 Å². The molecule has 1 aromatic heterocycles. The maximum absolute atomic E-state index is 12.7. The van der Waals surface area contributed by atoms with E-state index in [0.29, 0.717) is 41.5 Å². The summed E-state index contributed by atoms with van der Waals surface area (Å²) in [6.07, 6.45) is -0.342. The van der Waals surface area contributed by atoms with E-state index in [1.165, 1.54) is 0 Å². The highest BCUT2D eigenvalue weighted by molar-refractivity contribution is 9.10. The highest BCUT2D eigenvalue weighted by Gasteiger charge is 2.20. The number of benzene rings is 1. The molecule has 0 aliphatic carbocycles. The van der Waals surface area contributed by atoms with E-state index >= 15 is 0 Å². The lowest BCUT2D eigenvalue weighted by Gasteiger charge is -2.27. The standard InChI is InChI=1S/C16H16BrN3O5/c17-11-3-1-2-10-15(11)12(8-14(22)23)18-20(16(10)24)9-13(21)19-4-6-25-7-5-19/h1-3H,4-9H2,(H,22,23). The summed E-state index contributed by atoms with van der Waals surface area (Å²) >= 11 is 3.34. The molecule has 1 aliphatic heterocycles. The molecule has 0 saturated carbocycles. The molecule has 8 nitrogen and oxygen atoms in total. The van der Waals surface area contributed by atoms with Crippen molar-refractivity contribution in [2.75, 3.05) is 26.3 Å². The van der Waals surface area contributed by atoms with Gasteiger partial charge >= 0.3 is 5.97 Å². The van der Waals surface area contributed by atoms with Gasteiger partial charge in [-0.25, -0.2) is 4.68 Å². The number of aromatic nitrogens is 2. The number of fused-ring (bicyclic) bond motifs is 1. The predicted molar refractivity (Wildman–Crippen MR) is 92.4 cm³/mol. The second-order valence-corrected chi connectivity index (χ2v) is 6.49. The van der Waals surface area contributed by atoms with Gasteiger partial charge in [0.2, 0.25) is 5.91 Å². The summed E-state index contributed by atoms with van der Waals surface area (Å²) in [5, 5.41) is 14.1. The van der Waals surface area contributed by atoms with Gasteiger partial charge < -0.3 is 14.7 Å². The van der Waals surface area contributed by atoms with Crippen molar-refractivity contribution in [3.63, 3.8) is 0 Å². The number of morpholine rings is 1. The Hall–Kier alpha value is -2.26. The molecule has 25 heavy (non-hydrogen) atoms. The Kier molecular flexibility index (Phi) is 5.14. The Labute approximate surface area is 151 Å². The lowest BCUT2D eigenvalue weighted by molar-refractivity contribution is -0.136. The molecule has 1 aromatic carbocycles. The first-order valence-corrected chi connectivity index (χ1v) is 8.52. The van der Waals surface area contributed by atoms with Crippen LogP contribution in [0.1, 0.15) is 5.69 Å². The van der Waals surface area contributed by atoms with Crippen LogP contribution in [0.15, 0.2) is 27.5 Å². The summed E-state index contributed by atoms with van der Waals surface area (Å²) < 4.78 is 6.85. The van der Waals surface area contributed by atoms with Gasteiger partial charge in [-0.15, -0.1) is 0 Å². The maximum atomic E-state index is 12.7. The van der Waals surface area contributed by atoms with Crippen LogP contribution in [0, 0.1) is 0 Å². The Morgan fingerprint density at radius 1 is 1.28 bits per heavy atom. The van der Waals surface area contributed by atoms with Crippen LogP contribution in [-0.2, 0) is 27.3 Å². The number of amides is 1. The molecule has 3 rings (SSSR count). The van der Waals surface area contributed by atoms with Crippen molar-refractivity contribution in [2.45, 2.75) is 13.0 Å². The van der Waals surface area contributed by atoms with Crippen molar-refractivity contribution in [2.24, 2.45) is 0 Å². The van der Waals surface area contributed by atoms with Gasteiger partial charge in [-0.2, -0.15) is 5.10 Å². The third-order valence-electron chi connectivity index (χ3n) is 3.98. The van der Waals surface area contributed by atoms with Crippen LogP contribution in [0.5, 0.6) is 0 Å². The Morgan fingerprint density at radius 2 is 2.00 bits per heavy atom. The molecule has 0 spiro atoms. The van der Waals surface area contributed by atoms with Crippen molar-refractivity contribution in [3.05, 3.63) is 38.7 Å². The van der Waals surface area contributed by atoms with Crippen molar-refractivity contribution in [1.82, 2.24) is 14.7 Å². The third-order valence-corrected chi connectivity index (χ3v) is 4.64. The van der Waals surface area contributed by atoms with Crippen molar-refractivity contribution in [3.8, 4) is 0 Å². The quantitative estimate of drug-likeness (QED) is 0.794. The number of carboxylic acid groups (broad SMARTS) is 1. The molecule has 1 fully saturated rings. The molecule has 0 bridgehead atoms. The highest BCUT2D eigenvalue weighted by atomic mass is 79.9. The second kappa shape index (κ2) is 7.32. The lowest BCUT2D eigenvalue weighted by atomic mass is 10.1. The normalized spacial score (nSPS) is 14.7. The minimum absolute atomic E-state index is 0.228. The molecule has 2 aromatic rings. The summed E-state index contributed by atoms with van der Waals surface area (Å²) in [5.74, 6) is -1.30. The first-order valence-electron chi connectivity index (χ1n) is 7.73. The number of nitrogens with zero attached hydrogens (tertiary/aromatic N) is 3. The first kappa shape index (κ1) is 17.6. The van der Waals surface area contributed by atoms with Crippen molar-refractivity contribution < 1.29 is 19.4 Å². The van der Waals surface area contributed by atoms with Crippen LogP contribution in [-0.4, -0.2) is 58.0 Å². The molecular weight excluding hydrogens is 394 g/mol. The average molecular weight is 410 g/mol. The van der Waals surface area contributed by atoms with E-state index in [0.717, 1.165) is 4.68 Å². The fraction of sp³-hybridized carbons (Fsp3) is 0.375. The van der Waals surface area contributed by atoms with Crippen molar-refractivity contribution in [1.29, 1.82) is 0 Å². The van der Waals surface area contributed by atoms with E-state index in [1.807, 2.05) is 0 Å². The number of hydrogen-bond donors (Lipinski definition) is 1. The summed E-state index contributed by atoms with van der Waals surface area (Å²) in [6.45, 7) is 1.63. The van der Waals surface area contributed by atoms with E-state index in [-0.39, 0.29) is 24.6 Å². The minimum atomic E-state index is -1.06. The monoisotopic (exact) mass is 409 g/mol. The molecule has 132 valence electrons. The molecular formula is C16H16BrN3O5. The average Bonchev–Trinajstić information content (AvgIpc) is 2.59. The molecule has 0 radical (unpaired) electrons. The number of halogens is 1. The van der Waals surface area contributed by atoms with E-state index in [4.69, 9.17) is 9.84 Å². The number of carbonyl (C=O) groups excluding carboxylic acids is 1. The zero-order valence-corrected chi connectivity index (χ0v) is 14.9. The van der Waals surface area contributed by atoms with Gasteiger partial charge in [-0.1, -0.05) is 22.0 Å². The van der Waals surface area contributed by atoms with Crippen LogP contribution >= 0.6 is 15.9 Å². The summed E-state index contributed by atoms with van der Waals surface area (Å²) in [5.41, 5.74) is -0.184. The van der Waals surface area contributed by atoms with Gasteiger partial charge in [0.25, 0.3) is 5.56 Å². The molecule has 1 N–H and O–H groups in total. The SMILES string of the molecule is O=C(O)Cc1nn(CC(=O)N2CCOCC2)c(=O)c2cccc(Br)c12. The third kappa shape index (κ3) is 3.72. The molecule has 1 amide bonds. The molecule has 1 saturated heterocycles. The zero-order chi connectivity index (χ0) is 18.0. The van der Waals surface area contributed by atoms with E-state index in [1.54, 1.807) is 23.1 Å². The summed E-state index contributed by atoms with van der Waals surface area (Å²) in [4.78, 5) is 37.8. The van der Waals surface area contributed by atoms with E-state index < -0.39 is 11.5 Å². The Bertz CT molecular complexity index is 889. The molecule has 2 heterocycles. The second-order valence-electron chi connectivity index (χ2n) is 5.64. The number of rotatable bonds is 4. The number of aliphatic carboxylic acids is 1. The highest BCUT2D eigenvalue weighted by Crippen LogP contribution is 2.24. The minimum Gasteiger partial charge on any atom is -0.481 e. The van der Waals surface area contributed by atoms with E-state index in [9.17, 15) is 14.4 Å². The van der Waals surface area contributed by atoms with Gasteiger partial charge in [0.1, 0.15) is 6.54 Å². The smallest absolute Gasteiger partial charge is 0.309 e. The Balaban J connectivity index is 2.03. The molecule has 1 aliphatic rings. The van der Waals surface area contributed by atoms with Crippen LogP contribution in [0.2, 0.25) is 0 Å². The predicted octanol–water partition coefficient (Wildman–Crippen LogP) is 0.645. The zero-order valence-electron chi connectivity index (χ0n) is 13.3. The molecule has 0 unspecified atom stereocenters. The van der Waals surface area contributed by atoms with Gasteiger partial charge in [-0.3, -0.25) is 14.4 Å². The molecule has 0 atom stereocenters. The summed E-state index contributed by atoms with van der Waals surface area (Å²) in [7, 11) is 0.